The summed E-state index contributed by atoms with van der Waals surface area (Å²) in [6, 6.07) is 5.20. The van der Waals surface area contributed by atoms with Crippen molar-refractivity contribution in [1.29, 1.82) is 0 Å². The zero-order valence-electron chi connectivity index (χ0n) is 12.5. The van der Waals surface area contributed by atoms with Gasteiger partial charge in [0, 0.05) is 19.2 Å². The summed E-state index contributed by atoms with van der Waals surface area (Å²) in [5.74, 6) is 0.0491. The molecular formula is C15H20N2O4. The number of nitrogens with zero attached hydrogens (tertiary/aromatic N) is 1. The lowest BCUT2D eigenvalue weighted by Gasteiger charge is -2.24. The molecule has 0 unspecified atom stereocenters. The van der Waals surface area contributed by atoms with Crippen LogP contribution in [-0.2, 0) is 14.3 Å². The molecule has 0 bridgehead atoms. The Balaban J connectivity index is 3.15. The molecule has 0 spiro atoms. The molecule has 0 aromatic heterocycles. The van der Waals surface area contributed by atoms with Crippen LogP contribution in [0.3, 0.4) is 0 Å². The number of rotatable bonds is 7. The molecule has 0 radical (unpaired) electrons. The summed E-state index contributed by atoms with van der Waals surface area (Å²) >= 11 is 0. The second-order valence-corrected chi connectivity index (χ2v) is 4.31. The van der Waals surface area contributed by atoms with Crippen molar-refractivity contribution >= 4 is 23.3 Å². The predicted molar refractivity (Wildman–Crippen MR) is 81.7 cm³/mol. The Morgan fingerprint density at radius 1 is 1.38 bits per heavy atom. The van der Waals surface area contributed by atoms with E-state index in [1.54, 1.807) is 36.3 Å². The molecule has 114 valence electrons. The fourth-order valence-electron chi connectivity index (χ4n) is 1.84. The van der Waals surface area contributed by atoms with E-state index < -0.39 is 0 Å². The zero-order valence-corrected chi connectivity index (χ0v) is 12.5. The molecule has 0 aliphatic carbocycles. The third-order valence-corrected chi connectivity index (χ3v) is 2.74. The van der Waals surface area contributed by atoms with Crippen LogP contribution < -0.4 is 15.0 Å². The largest absolute Gasteiger partial charge is 0.495 e. The average molecular weight is 292 g/mol. The first-order valence-corrected chi connectivity index (χ1v) is 6.40. The number of carbonyl (C=O) groups excluding carboxylic acids is 2. The van der Waals surface area contributed by atoms with Crippen LogP contribution in [0.4, 0.5) is 11.4 Å². The van der Waals surface area contributed by atoms with Crippen molar-refractivity contribution in [3.05, 3.63) is 30.9 Å². The predicted octanol–water partition coefficient (Wildman–Crippen LogP) is 1.82. The van der Waals surface area contributed by atoms with E-state index in [4.69, 9.17) is 9.47 Å². The van der Waals surface area contributed by atoms with Crippen molar-refractivity contribution in [2.24, 2.45) is 0 Å². The number of hydrogen-bond acceptors (Lipinski definition) is 5. The summed E-state index contributed by atoms with van der Waals surface area (Å²) in [6.45, 7) is 5.61. The summed E-state index contributed by atoms with van der Waals surface area (Å²) in [7, 11) is 2.88. The summed E-state index contributed by atoms with van der Waals surface area (Å²) in [5.41, 5.74) is 1.30. The highest BCUT2D eigenvalue weighted by Crippen LogP contribution is 2.31. The summed E-state index contributed by atoms with van der Waals surface area (Å²) in [6.07, 6.45) is 1.67. The van der Waals surface area contributed by atoms with Crippen LogP contribution in [0, 0.1) is 0 Å². The number of esters is 1. The van der Waals surface area contributed by atoms with Crippen molar-refractivity contribution in [3.8, 4) is 5.75 Å². The fourth-order valence-corrected chi connectivity index (χ4v) is 1.84. The monoisotopic (exact) mass is 292 g/mol. The van der Waals surface area contributed by atoms with Crippen LogP contribution in [0.1, 0.15) is 6.92 Å². The Kier molecular flexibility index (Phi) is 6.26. The molecule has 0 saturated carbocycles. The van der Waals surface area contributed by atoms with E-state index in [1.165, 1.54) is 14.0 Å². The second kappa shape index (κ2) is 7.94. The molecule has 0 heterocycles. The molecule has 1 aromatic rings. The zero-order chi connectivity index (χ0) is 15.8. The lowest BCUT2D eigenvalue weighted by Crippen LogP contribution is -2.31. The Bertz CT molecular complexity index is 528. The van der Waals surface area contributed by atoms with Crippen LogP contribution in [0.25, 0.3) is 0 Å². The van der Waals surface area contributed by atoms with Crippen LogP contribution in [0.5, 0.6) is 5.75 Å². The highest BCUT2D eigenvalue weighted by atomic mass is 16.5. The summed E-state index contributed by atoms with van der Waals surface area (Å²) < 4.78 is 10.00. The topological polar surface area (TPSA) is 67.9 Å². The van der Waals surface area contributed by atoms with Gasteiger partial charge in [0.05, 0.1) is 19.9 Å². The number of hydrogen-bond donors (Lipinski definition) is 1. The first-order valence-electron chi connectivity index (χ1n) is 6.40. The third kappa shape index (κ3) is 4.83. The van der Waals surface area contributed by atoms with Gasteiger partial charge in [-0.05, 0) is 18.2 Å². The third-order valence-electron chi connectivity index (χ3n) is 2.74. The molecule has 1 aromatic carbocycles. The highest BCUT2D eigenvalue weighted by Gasteiger charge is 2.16. The first kappa shape index (κ1) is 16.6. The molecule has 0 aliphatic rings. The van der Waals surface area contributed by atoms with Gasteiger partial charge >= 0.3 is 5.97 Å². The first-order chi connectivity index (χ1) is 10.0. The minimum absolute atomic E-state index is 0.0579. The van der Waals surface area contributed by atoms with Crippen molar-refractivity contribution in [2.75, 3.05) is 37.5 Å². The van der Waals surface area contributed by atoms with E-state index in [1.807, 2.05) is 0 Å². The van der Waals surface area contributed by atoms with Gasteiger partial charge in [0.2, 0.25) is 5.91 Å². The van der Waals surface area contributed by atoms with E-state index in [2.05, 4.69) is 11.9 Å². The van der Waals surface area contributed by atoms with Crippen LogP contribution >= 0.6 is 0 Å². The van der Waals surface area contributed by atoms with Crippen molar-refractivity contribution in [2.45, 2.75) is 6.92 Å². The van der Waals surface area contributed by atoms with Gasteiger partial charge in [0.15, 0.2) is 0 Å². The van der Waals surface area contributed by atoms with E-state index in [-0.39, 0.29) is 18.4 Å². The Labute approximate surface area is 124 Å². The number of benzene rings is 1. The van der Waals surface area contributed by atoms with Gasteiger partial charge in [0.1, 0.15) is 12.3 Å². The lowest BCUT2D eigenvalue weighted by molar-refractivity contribution is -0.138. The van der Waals surface area contributed by atoms with Gasteiger partial charge in [-0.3, -0.25) is 9.59 Å². The lowest BCUT2D eigenvalue weighted by atomic mass is 10.2. The standard InChI is InChI=1S/C15H20N2O4/c1-5-8-17(10-15(19)21-4)13-9-12(16-11(2)18)6-7-14(13)20-3/h5-7,9H,1,8,10H2,2-4H3,(H,16,18). The molecule has 0 atom stereocenters. The number of ether oxygens (including phenoxy) is 2. The van der Waals surface area contributed by atoms with E-state index in [0.29, 0.717) is 23.7 Å². The minimum atomic E-state index is -0.371. The molecule has 1 N–H and O–H groups in total. The Morgan fingerprint density at radius 3 is 2.62 bits per heavy atom. The number of methoxy groups -OCH3 is 2. The van der Waals surface area contributed by atoms with E-state index in [9.17, 15) is 9.59 Å². The maximum Gasteiger partial charge on any atom is 0.325 e. The average Bonchev–Trinajstić information content (AvgIpc) is 2.46. The molecular weight excluding hydrogens is 272 g/mol. The van der Waals surface area contributed by atoms with Crippen LogP contribution in [0.2, 0.25) is 0 Å². The molecule has 1 rings (SSSR count). The van der Waals surface area contributed by atoms with Crippen molar-refractivity contribution in [3.63, 3.8) is 0 Å². The molecule has 1 amide bonds. The maximum atomic E-state index is 11.5. The molecule has 21 heavy (non-hydrogen) atoms. The maximum absolute atomic E-state index is 11.5. The van der Waals surface area contributed by atoms with Gasteiger partial charge in [-0.1, -0.05) is 6.08 Å². The number of anilines is 2. The molecule has 0 fully saturated rings. The van der Waals surface area contributed by atoms with E-state index in [0.717, 1.165) is 0 Å². The fraction of sp³-hybridized carbons (Fsp3) is 0.333. The Morgan fingerprint density at radius 2 is 2.10 bits per heavy atom. The number of amides is 1. The smallest absolute Gasteiger partial charge is 0.325 e. The molecule has 6 heteroatoms. The summed E-state index contributed by atoms with van der Waals surface area (Å²) in [5, 5.41) is 2.70. The quantitative estimate of drug-likeness (QED) is 0.613. The van der Waals surface area contributed by atoms with Crippen molar-refractivity contribution < 1.29 is 19.1 Å². The van der Waals surface area contributed by atoms with Gasteiger partial charge in [-0.15, -0.1) is 6.58 Å². The van der Waals surface area contributed by atoms with Gasteiger partial charge in [-0.2, -0.15) is 0 Å². The van der Waals surface area contributed by atoms with Crippen molar-refractivity contribution in [1.82, 2.24) is 0 Å². The number of carbonyl (C=O) groups is 2. The molecule has 6 nitrogen and oxygen atoms in total. The number of nitrogens with one attached hydrogen (secondary N) is 1. The van der Waals surface area contributed by atoms with Gasteiger partial charge in [0.25, 0.3) is 0 Å². The highest BCUT2D eigenvalue weighted by molar-refractivity contribution is 5.90. The Hall–Kier alpha value is -2.50. The second-order valence-electron chi connectivity index (χ2n) is 4.31. The van der Waals surface area contributed by atoms with Crippen LogP contribution in [0.15, 0.2) is 30.9 Å². The molecule has 0 aliphatic heterocycles. The molecule has 0 saturated heterocycles. The van der Waals surface area contributed by atoms with Crippen LogP contribution in [-0.4, -0.2) is 39.2 Å². The van der Waals surface area contributed by atoms with E-state index >= 15 is 0 Å². The SMILES string of the molecule is C=CCN(CC(=O)OC)c1cc(NC(C)=O)ccc1OC. The van der Waals surface area contributed by atoms with Gasteiger partial charge in [-0.25, -0.2) is 0 Å². The normalized spacial score (nSPS) is 9.67. The summed E-state index contributed by atoms with van der Waals surface area (Å²) in [4.78, 5) is 24.4. The van der Waals surface area contributed by atoms with Gasteiger partial charge < -0.3 is 19.7 Å². The minimum Gasteiger partial charge on any atom is -0.495 e.